The van der Waals surface area contributed by atoms with Gasteiger partial charge in [-0.3, -0.25) is 9.59 Å². The second kappa shape index (κ2) is 8.85. The molecule has 2 amide bonds. The lowest BCUT2D eigenvalue weighted by Crippen LogP contribution is -2.47. The number of nitrogens with zero attached hydrogens (tertiary/aromatic N) is 1. The molecule has 1 fully saturated rings. The van der Waals surface area contributed by atoms with Crippen LogP contribution in [0.3, 0.4) is 0 Å². The zero-order chi connectivity index (χ0) is 19.3. The summed E-state index contributed by atoms with van der Waals surface area (Å²) >= 11 is 3.23. The van der Waals surface area contributed by atoms with E-state index < -0.39 is 22.0 Å². The van der Waals surface area contributed by atoms with Crippen LogP contribution in [0.25, 0.3) is 0 Å². The first kappa shape index (κ1) is 20.7. The van der Waals surface area contributed by atoms with Gasteiger partial charge in [0.05, 0.1) is 6.61 Å². The van der Waals surface area contributed by atoms with Crippen molar-refractivity contribution in [3.63, 3.8) is 0 Å². The molecule has 0 saturated carbocycles. The van der Waals surface area contributed by atoms with E-state index in [1.807, 2.05) is 6.92 Å². The van der Waals surface area contributed by atoms with Crippen LogP contribution in [0.5, 0.6) is 5.75 Å². The molecule has 9 heteroatoms. The molecule has 1 atom stereocenters. The van der Waals surface area contributed by atoms with Gasteiger partial charge in [0, 0.05) is 17.4 Å². The monoisotopic (exact) mass is 446 g/mol. The van der Waals surface area contributed by atoms with Crippen LogP contribution in [0.1, 0.15) is 39.5 Å². The Morgan fingerprint density at radius 2 is 2.08 bits per heavy atom. The number of benzene rings is 1. The van der Waals surface area contributed by atoms with Crippen molar-refractivity contribution in [1.82, 2.24) is 9.62 Å². The molecule has 0 radical (unpaired) electrons. The van der Waals surface area contributed by atoms with E-state index >= 15 is 0 Å². The maximum atomic E-state index is 12.7. The first-order valence-corrected chi connectivity index (χ1v) is 10.9. The summed E-state index contributed by atoms with van der Waals surface area (Å²) in [6.45, 7) is 4.39. The highest BCUT2D eigenvalue weighted by atomic mass is 79.9. The van der Waals surface area contributed by atoms with E-state index in [-0.39, 0.29) is 16.6 Å². The maximum Gasteiger partial charge on any atom is 0.267 e. The van der Waals surface area contributed by atoms with Crippen molar-refractivity contribution in [2.75, 3.05) is 13.2 Å². The van der Waals surface area contributed by atoms with Crippen molar-refractivity contribution in [3.8, 4) is 5.75 Å². The third-order valence-electron chi connectivity index (χ3n) is 4.07. The van der Waals surface area contributed by atoms with Gasteiger partial charge in [-0.05, 0) is 44.4 Å². The Morgan fingerprint density at radius 1 is 1.35 bits per heavy atom. The van der Waals surface area contributed by atoms with Crippen LogP contribution in [0.4, 0.5) is 0 Å². The minimum Gasteiger partial charge on any atom is -0.492 e. The smallest absolute Gasteiger partial charge is 0.267 e. The third-order valence-corrected chi connectivity index (χ3v) is 5.93. The topological polar surface area (TPSA) is 92.8 Å². The molecular weight excluding hydrogens is 424 g/mol. The molecule has 0 spiro atoms. The molecule has 1 heterocycles. The molecule has 1 aliphatic rings. The molecule has 7 nitrogen and oxygen atoms in total. The fourth-order valence-electron chi connectivity index (χ4n) is 2.92. The van der Waals surface area contributed by atoms with E-state index in [9.17, 15) is 18.0 Å². The predicted molar refractivity (Wildman–Crippen MR) is 100 cm³/mol. The Balaban J connectivity index is 2.22. The lowest BCUT2D eigenvalue weighted by Gasteiger charge is -2.24. The maximum absolute atomic E-state index is 12.7. The molecule has 1 N–H and O–H groups in total. The summed E-state index contributed by atoms with van der Waals surface area (Å²) in [7, 11) is -4.13. The first-order chi connectivity index (χ1) is 12.3. The molecule has 1 saturated heterocycles. The Labute approximate surface area is 162 Å². The third kappa shape index (κ3) is 4.76. The minimum absolute atomic E-state index is 0.119. The summed E-state index contributed by atoms with van der Waals surface area (Å²) in [5, 5.41) is 0. The van der Waals surface area contributed by atoms with Gasteiger partial charge in [-0.2, -0.15) is 0 Å². The van der Waals surface area contributed by atoms with Gasteiger partial charge in [0.15, 0.2) is 0 Å². The van der Waals surface area contributed by atoms with Crippen LogP contribution in [0.15, 0.2) is 27.6 Å². The van der Waals surface area contributed by atoms with Gasteiger partial charge in [0.2, 0.25) is 5.91 Å². The van der Waals surface area contributed by atoms with Crippen molar-refractivity contribution in [2.45, 2.75) is 50.5 Å². The van der Waals surface area contributed by atoms with Crippen molar-refractivity contribution in [3.05, 3.63) is 22.7 Å². The summed E-state index contributed by atoms with van der Waals surface area (Å²) in [5.41, 5.74) is 0. The quantitative estimate of drug-likeness (QED) is 0.693. The van der Waals surface area contributed by atoms with Gasteiger partial charge < -0.3 is 9.64 Å². The summed E-state index contributed by atoms with van der Waals surface area (Å²) in [6.07, 6.45) is 2.15. The number of rotatable bonds is 7. The predicted octanol–water partition coefficient (Wildman–Crippen LogP) is 2.44. The molecule has 2 rings (SSSR count). The van der Waals surface area contributed by atoms with E-state index in [2.05, 4.69) is 20.7 Å². The van der Waals surface area contributed by atoms with E-state index in [4.69, 9.17) is 4.74 Å². The summed E-state index contributed by atoms with van der Waals surface area (Å²) in [6, 6.07) is 3.81. The van der Waals surface area contributed by atoms with Crippen molar-refractivity contribution >= 4 is 37.8 Å². The number of nitrogens with one attached hydrogen (secondary N) is 1. The largest absolute Gasteiger partial charge is 0.492 e. The number of halogens is 1. The molecule has 0 aromatic heterocycles. The van der Waals surface area contributed by atoms with Crippen molar-refractivity contribution in [2.24, 2.45) is 0 Å². The van der Waals surface area contributed by atoms with Crippen LogP contribution in [-0.2, 0) is 19.6 Å². The Kier molecular flexibility index (Phi) is 7.05. The number of ether oxygens (including phenoxy) is 1. The average Bonchev–Trinajstić information content (AvgIpc) is 3.06. The zero-order valence-corrected chi connectivity index (χ0v) is 17.2. The molecule has 26 heavy (non-hydrogen) atoms. The normalized spacial score (nSPS) is 17.2. The van der Waals surface area contributed by atoms with Crippen molar-refractivity contribution < 1.29 is 22.7 Å². The van der Waals surface area contributed by atoms with E-state index in [1.165, 1.54) is 17.0 Å². The van der Waals surface area contributed by atoms with Crippen LogP contribution in [-0.4, -0.2) is 44.3 Å². The molecular formula is C17H23BrN2O5S. The van der Waals surface area contributed by atoms with Gasteiger partial charge in [0.1, 0.15) is 16.7 Å². The van der Waals surface area contributed by atoms with Crippen LogP contribution >= 0.6 is 15.9 Å². The number of carbonyl (C=O) groups is 2. The fourth-order valence-corrected chi connectivity index (χ4v) is 4.61. The van der Waals surface area contributed by atoms with Gasteiger partial charge in [-0.15, -0.1) is 0 Å². The first-order valence-electron chi connectivity index (χ1n) is 8.58. The molecule has 144 valence electrons. The zero-order valence-electron chi connectivity index (χ0n) is 14.8. The number of amides is 2. The highest BCUT2D eigenvalue weighted by Crippen LogP contribution is 2.28. The second-order valence-electron chi connectivity index (χ2n) is 5.99. The van der Waals surface area contributed by atoms with E-state index in [1.54, 1.807) is 13.0 Å². The minimum atomic E-state index is -4.13. The van der Waals surface area contributed by atoms with E-state index in [0.717, 1.165) is 0 Å². The average molecular weight is 447 g/mol. The van der Waals surface area contributed by atoms with Gasteiger partial charge >= 0.3 is 0 Å². The van der Waals surface area contributed by atoms with Crippen LogP contribution in [0.2, 0.25) is 0 Å². The number of hydrogen-bond acceptors (Lipinski definition) is 5. The number of carbonyl (C=O) groups excluding carboxylic acids is 2. The summed E-state index contributed by atoms with van der Waals surface area (Å²) < 4.78 is 33.4. The molecule has 1 aromatic carbocycles. The van der Waals surface area contributed by atoms with Crippen LogP contribution in [0, 0.1) is 0 Å². The molecule has 1 aliphatic heterocycles. The van der Waals surface area contributed by atoms with E-state index in [0.29, 0.717) is 43.3 Å². The molecule has 0 bridgehead atoms. The molecule has 0 aliphatic carbocycles. The standard InChI is InChI=1S/C17H23BrN2O5S/c1-3-6-16(21)20-10-5-7-13(20)17(22)19-26(23,24)15-11-12(18)8-9-14(15)25-4-2/h8-9,11,13H,3-7,10H2,1-2H3,(H,19,22). The SMILES string of the molecule is CCCC(=O)N1CCCC1C(=O)NS(=O)(=O)c1cc(Br)ccc1OCC. The van der Waals surface area contributed by atoms with Crippen molar-refractivity contribution in [1.29, 1.82) is 0 Å². The highest BCUT2D eigenvalue weighted by molar-refractivity contribution is 9.10. The van der Waals surface area contributed by atoms with Gasteiger partial charge in [-0.25, -0.2) is 13.1 Å². The van der Waals surface area contributed by atoms with Gasteiger partial charge in [0.25, 0.3) is 15.9 Å². The lowest BCUT2D eigenvalue weighted by molar-refractivity contribution is -0.137. The molecule has 1 aromatic rings. The summed E-state index contributed by atoms with van der Waals surface area (Å²) in [5.74, 6) is -0.643. The molecule has 1 unspecified atom stereocenters. The Hall–Kier alpha value is -1.61. The number of hydrogen-bond donors (Lipinski definition) is 1. The van der Waals surface area contributed by atoms with Gasteiger partial charge in [-0.1, -0.05) is 22.9 Å². The Bertz CT molecular complexity index is 781. The summed E-state index contributed by atoms with van der Waals surface area (Å²) in [4.78, 5) is 26.1. The van der Waals surface area contributed by atoms with Crippen LogP contribution < -0.4 is 9.46 Å². The fraction of sp³-hybridized carbons (Fsp3) is 0.529. The second-order valence-corrected chi connectivity index (χ2v) is 8.56. The highest BCUT2D eigenvalue weighted by Gasteiger charge is 2.36. The Morgan fingerprint density at radius 3 is 2.73 bits per heavy atom. The number of sulfonamides is 1. The lowest BCUT2D eigenvalue weighted by atomic mass is 10.2. The number of likely N-dealkylation sites (tertiary alicyclic amines) is 1.